The molecule has 164 valence electrons. The number of hydrogen-bond acceptors (Lipinski definition) is 7. The van der Waals surface area contributed by atoms with Crippen molar-refractivity contribution in [2.24, 2.45) is 0 Å². The summed E-state index contributed by atoms with van der Waals surface area (Å²) in [7, 11) is 1.60. The van der Waals surface area contributed by atoms with Crippen molar-refractivity contribution in [2.75, 3.05) is 25.6 Å². The molecule has 0 radical (unpaired) electrons. The number of hydrogen-bond donors (Lipinski definition) is 1. The van der Waals surface area contributed by atoms with Crippen LogP contribution >= 0.6 is 24.0 Å². The average Bonchev–Trinajstić information content (AvgIpc) is 3.05. The van der Waals surface area contributed by atoms with Crippen LogP contribution in [-0.4, -0.2) is 44.8 Å². The molecule has 1 amide bonds. The highest BCUT2D eigenvalue weighted by Crippen LogP contribution is 2.34. The first kappa shape index (κ1) is 22.2. The molecule has 9 heteroatoms. The number of thiocarbonyl (C=S) groups is 1. The van der Waals surface area contributed by atoms with Crippen LogP contribution in [0.5, 0.6) is 0 Å². The fourth-order valence-electron chi connectivity index (χ4n) is 3.38. The van der Waals surface area contributed by atoms with Gasteiger partial charge in [0, 0.05) is 19.9 Å². The summed E-state index contributed by atoms with van der Waals surface area (Å²) in [6, 6.07) is 13.4. The maximum Gasteiger partial charge on any atom is 0.267 e. The van der Waals surface area contributed by atoms with Crippen molar-refractivity contribution in [1.29, 1.82) is 0 Å². The molecule has 1 fully saturated rings. The standard InChI is InChI=1S/C23H22N4O3S2/c1-15-7-6-11-26-20(15)25-19(24-10-12-30-2)17(21(26)28)13-18-22(29)27(23(31)32-18)14-16-8-4-3-5-9-16/h3-9,11,13,24H,10,12,14H2,1-2H3. The number of nitrogens with zero attached hydrogens (tertiary/aromatic N) is 3. The largest absolute Gasteiger partial charge is 0.383 e. The number of fused-ring (bicyclic) bond motifs is 1. The highest BCUT2D eigenvalue weighted by Gasteiger charge is 2.32. The van der Waals surface area contributed by atoms with Gasteiger partial charge in [0.2, 0.25) is 0 Å². The maximum atomic E-state index is 13.3. The number of amides is 1. The molecule has 1 aromatic carbocycles. The van der Waals surface area contributed by atoms with Crippen LogP contribution in [0.2, 0.25) is 0 Å². The minimum Gasteiger partial charge on any atom is -0.383 e. The number of methoxy groups -OCH3 is 1. The topological polar surface area (TPSA) is 75.9 Å². The number of aryl methyl sites for hydroxylation is 1. The molecule has 32 heavy (non-hydrogen) atoms. The van der Waals surface area contributed by atoms with E-state index in [-0.39, 0.29) is 11.5 Å². The van der Waals surface area contributed by atoms with Crippen LogP contribution in [0.3, 0.4) is 0 Å². The Labute approximate surface area is 195 Å². The number of ether oxygens (including phenoxy) is 1. The fourth-order valence-corrected chi connectivity index (χ4v) is 4.62. The molecule has 2 aromatic heterocycles. The number of thioether (sulfide) groups is 1. The maximum absolute atomic E-state index is 13.3. The van der Waals surface area contributed by atoms with Gasteiger partial charge in [0.1, 0.15) is 15.8 Å². The Morgan fingerprint density at radius 2 is 1.97 bits per heavy atom. The Morgan fingerprint density at radius 3 is 2.72 bits per heavy atom. The van der Waals surface area contributed by atoms with Crippen molar-refractivity contribution in [3.8, 4) is 0 Å². The predicted molar refractivity (Wildman–Crippen MR) is 132 cm³/mol. The molecule has 0 atom stereocenters. The lowest BCUT2D eigenvalue weighted by Gasteiger charge is -2.14. The van der Waals surface area contributed by atoms with Gasteiger partial charge in [-0.1, -0.05) is 60.4 Å². The lowest BCUT2D eigenvalue weighted by Crippen LogP contribution is -2.27. The monoisotopic (exact) mass is 466 g/mol. The molecular formula is C23H22N4O3S2. The van der Waals surface area contributed by atoms with Crippen molar-refractivity contribution in [2.45, 2.75) is 13.5 Å². The van der Waals surface area contributed by atoms with Gasteiger partial charge in [-0.25, -0.2) is 4.98 Å². The summed E-state index contributed by atoms with van der Waals surface area (Å²) in [6.45, 7) is 3.21. The third kappa shape index (κ3) is 4.45. The normalized spacial score (nSPS) is 15.2. The summed E-state index contributed by atoms with van der Waals surface area (Å²) in [5.41, 5.74) is 2.47. The molecule has 1 N–H and O–H groups in total. The number of anilines is 1. The zero-order valence-electron chi connectivity index (χ0n) is 17.7. The molecule has 1 aliphatic rings. The molecule has 3 aromatic rings. The quantitative estimate of drug-likeness (QED) is 0.325. The minimum absolute atomic E-state index is 0.222. The number of carbonyl (C=O) groups excluding carboxylic acids is 1. The van der Waals surface area contributed by atoms with Crippen LogP contribution in [0.4, 0.5) is 5.82 Å². The Bertz CT molecular complexity index is 1270. The van der Waals surface area contributed by atoms with Crippen molar-refractivity contribution < 1.29 is 9.53 Å². The predicted octanol–water partition coefficient (Wildman–Crippen LogP) is 3.46. The van der Waals surface area contributed by atoms with E-state index < -0.39 is 0 Å². The van der Waals surface area contributed by atoms with E-state index in [4.69, 9.17) is 17.0 Å². The van der Waals surface area contributed by atoms with Crippen molar-refractivity contribution in [3.05, 3.63) is 80.6 Å². The Kier molecular flexibility index (Phi) is 6.69. The van der Waals surface area contributed by atoms with Crippen molar-refractivity contribution in [1.82, 2.24) is 14.3 Å². The molecule has 3 heterocycles. The molecule has 4 rings (SSSR count). The summed E-state index contributed by atoms with van der Waals surface area (Å²) < 4.78 is 7.06. The summed E-state index contributed by atoms with van der Waals surface area (Å²) in [6.07, 6.45) is 3.26. The summed E-state index contributed by atoms with van der Waals surface area (Å²) in [5, 5.41) is 3.16. The molecule has 7 nitrogen and oxygen atoms in total. The Balaban J connectivity index is 1.74. The van der Waals surface area contributed by atoms with Crippen molar-refractivity contribution in [3.63, 3.8) is 0 Å². The summed E-state index contributed by atoms with van der Waals surface area (Å²) >= 11 is 6.64. The van der Waals surface area contributed by atoms with Gasteiger partial charge in [-0.2, -0.15) is 0 Å². The second-order valence-electron chi connectivity index (χ2n) is 7.24. The third-order valence-corrected chi connectivity index (χ3v) is 6.39. The second-order valence-corrected chi connectivity index (χ2v) is 8.91. The number of nitrogens with one attached hydrogen (secondary N) is 1. The average molecular weight is 467 g/mol. The summed E-state index contributed by atoms with van der Waals surface area (Å²) in [5.74, 6) is 0.190. The van der Waals surface area contributed by atoms with E-state index in [1.807, 2.05) is 43.3 Å². The van der Waals surface area contributed by atoms with Gasteiger partial charge in [-0.15, -0.1) is 0 Å². The molecule has 0 aliphatic carbocycles. The van der Waals surface area contributed by atoms with Gasteiger partial charge in [-0.05, 0) is 30.2 Å². The van der Waals surface area contributed by atoms with Gasteiger partial charge in [0.25, 0.3) is 11.5 Å². The van der Waals surface area contributed by atoms with Gasteiger partial charge in [0.15, 0.2) is 0 Å². The number of pyridine rings is 1. The smallest absolute Gasteiger partial charge is 0.267 e. The van der Waals surface area contributed by atoms with Crippen molar-refractivity contribution >= 4 is 51.7 Å². The first-order valence-corrected chi connectivity index (χ1v) is 11.3. The first-order chi connectivity index (χ1) is 15.5. The zero-order chi connectivity index (χ0) is 22.7. The SMILES string of the molecule is COCCNc1nc2c(C)cccn2c(=O)c1C=C1SC(=S)N(Cc2ccccc2)C1=O. The Morgan fingerprint density at radius 1 is 1.19 bits per heavy atom. The van der Waals surface area contributed by atoms with E-state index in [1.165, 1.54) is 16.2 Å². The highest BCUT2D eigenvalue weighted by molar-refractivity contribution is 8.26. The summed E-state index contributed by atoms with van der Waals surface area (Å²) in [4.78, 5) is 33.0. The van der Waals surface area contributed by atoms with E-state index >= 15 is 0 Å². The lowest BCUT2D eigenvalue weighted by molar-refractivity contribution is -0.122. The molecule has 0 spiro atoms. The van der Waals surface area contributed by atoms with Gasteiger partial charge in [-0.3, -0.25) is 18.9 Å². The molecular weight excluding hydrogens is 444 g/mol. The van der Waals surface area contributed by atoms with Crippen LogP contribution < -0.4 is 10.9 Å². The molecule has 0 bridgehead atoms. The van der Waals surface area contributed by atoms with Gasteiger partial charge in [0.05, 0.1) is 23.6 Å². The first-order valence-electron chi connectivity index (χ1n) is 10.0. The van der Waals surface area contributed by atoms with Crippen LogP contribution in [0.15, 0.2) is 58.4 Å². The van der Waals surface area contributed by atoms with Gasteiger partial charge >= 0.3 is 0 Å². The van der Waals surface area contributed by atoms with Crippen LogP contribution in [0, 0.1) is 6.92 Å². The number of carbonyl (C=O) groups is 1. The van der Waals surface area contributed by atoms with Crippen LogP contribution in [0.25, 0.3) is 11.7 Å². The van der Waals surface area contributed by atoms with Gasteiger partial charge < -0.3 is 10.1 Å². The molecule has 0 unspecified atom stereocenters. The number of benzene rings is 1. The number of rotatable bonds is 7. The van der Waals surface area contributed by atoms with E-state index in [1.54, 1.807) is 30.3 Å². The fraction of sp³-hybridized carbons (Fsp3) is 0.217. The van der Waals surface area contributed by atoms with Crippen LogP contribution in [-0.2, 0) is 16.1 Å². The third-order valence-electron chi connectivity index (χ3n) is 5.02. The van der Waals surface area contributed by atoms with E-state index in [0.717, 1.165) is 11.1 Å². The molecule has 1 saturated heterocycles. The molecule has 1 aliphatic heterocycles. The lowest BCUT2D eigenvalue weighted by atomic mass is 10.2. The van der Waals surface area contributed by atoms with E-state index in [2.05, 4.69) is 10.3 Å². The van der Waals surface area contributed by atoms with E-state index in [0.29, 0.717) is 46.0 Å². The number of aromatic nitrogens is 2. The highest BCUT2D eigenvalue weighted by atomic mass is 32.2. The minimum atomic E-state index is -0.257. The zero-order valence-corrected chi connectivity index (χ0v) is 19.3. The Hall–Kier alpha value is -3.01. The molecule has 0 saturated carbocycles. The van der Waals surface area contributed by atoms with E-state index in [9.17, 15) is 9.59 Å². The van der Waals surface area contributed by atoms with Crippen LogP contribution in [0.1, 0.15) is 16.7 Å². The second kappa shape index (κ2) is 9.64.